The molecule has 0 unspecified atom stereocenters. The number of hydrogen-bond donors (Lipinski definition) is 3. The summed E-state index contributed by atoms with van der Waals surface area (Å²) in [5.74, 6) is -0.205. The number of amides is 2. The second-order valence-electron chi connectivity index (χ2n) is 6.25. The van der Waals surface area contributed by atoms with Gasteiger partial charge in [-0.05, 0) is 37.7 Å². The highest BCUT2D eigenvalue weighted by molar-refractivity contribution is 5.94. The van der Waals surface area contributed by atoms with Gasteiger partial charge in [-0.1, -0.05) is 26.0 Å². The number of benzene rings is 1. The number of halogens is 1. The van der Waals surface area contributed by atoms with Gasteiger partial charge < -0.3 is 21.3 Å². The summed E-state index contributed by atoms with van der Waals surface area (Å²) in [6.45, 7) is 5.55. The Morgan fingerprint density at radius 2 is 1.88 bits per heavy atom. The van der Waals surface area contributed by atoms with Crippen LogP contribution in [0.25, 0.3) is 0 Å². The van der Waals surface area contributed by atoms with Gasteiger partial charge in [-0.2, -0.15) is 0 Å². The van der Waals surface area contributed by atoms with Gasteiger partial charge in [-0.3, -0.25) is 9.59 Å². The maximum Gasteiger partial charge on any atom is 0.251 e. The number of nitrogens with one attached hydrogen (secondary N) is 2. The second-order valence-corrected chi connectivity index (χ2v) is 6.25. The summed E-state index contributed by atoms with van der Waals surface area (Å²) in [5.41, 5.74) is 7.26. The van der Waals surface area contributed by atoms with Gasteiger partial charge in [0.1, 0.15) is 0 Å². The molecule has 0 aromatic heterocycles. The first-order chi connectivity index (χ1) is 10.8. The number of rotatable bonds is 8. The average Bonchev–Trinajstić information content (AvgIpc) is 2.51. The molecule has 0 bridgehead atoms. The molecule has 1 aromatic rings. The first-order valence-electron chi connectivity index (χ1n) is 7.86. The largest absolute Gasteiger partial charge is 0.351 e. The molecule has 4 N–H and O–H groups in total. The van der Waals surface area contributed by atoms with Crippen molar-refractivity contribution in [2.75, 3.05) is 27.2 Å². The van der Waals surface area contributed by atoms with Crippen LogP contribution in [-0.2, 0) is 11.3 Å². The minimum Gasteiger partial charge on any atom is -0.351 e. The molecule has 1 aromatic carbocycles. The van der Waals surface area contributed by atoms with Crippen LogP contribution in [0.4, 0.5) is 0 Å². The van der Waals surface area contributed by atoms with E-state index in [1.807, 2.05) is 45.0 Å². The van der Waals surface area contributed by atoms with Crippen LogP contribution >= 0.6 is 12.4 Å². The number of nitrogens with zero attached hydrogens (tertiary/aromatic N) is 1. The van der Waals surface area contributed by atoms with E-state index in [2.05, 4.69) is 10.6 Å². The summed E-state index contributed by atoms with van der Waals surface area (Å²) in [4.78, 5) is 25.9. The highest BCUT2D eigenvalue weighted by Crippen LogP contribution is 2.06. The van der Waals surface area contributed by atoms with Gasteiger partial charge in [0.2, 0.25) is 5.91 Å². The first kappa shape index (κ1) is 22.4. The zero-order valence-electron chi connectivity index (χ0n) is 14.8. The number of carbonyl (C=O) groups is 2. The molecule has 0 fully saturated rings. The lowest BCUT2D eigenvalue weighted by atomic mass is 10.0. The van der Waals surface area contributed by atoms with E-state index in [-0.39, 0.29) is 30.1 Å². The fourth-order valence-corrected chi connectivity index (χ4v) is 1.93. The SMILES string of the molecule is CC(C)[C@H](N)C(=O)NCc1cccc(C(=O)NCCN(C)C)c1.Cl. The van der Waals surface area contributed by atoms with Gasteiger partial charge in [-0.15, -0.1) is 12.4 Å². The predicted molar refractivity (Wildman–Crippen MR) is 99.2 cm³/mol. The maximum absolute atomic E-state index is 12.1. The van der Waals surface area contributed by atoms with Crippen molar-refractivity contribution in [2.24, 2.45) is 11.7 Å². The van der Waals surface area contributed by atoms with Crippen molar-refractivity contribution >= 4 is 24.2 Å². The molecule has 0 heterocycles. The van der Waals surface area contributed by atoms with Crippen molar-refractivity contribution < 1.29 is 9.59 Å². The molecule has 0 radical (unpaired) electrons. The fourth-order valence-electron chi connectivity index (χ4n) is 1.93. The predicted octanol–water partition coefficient (Wildman–Crippen LogP) is 0.999. The number of likely N-dealkylation sites (N-methyl/N-ethyl adjacent to an activating group) is 1. The van der Waals surface area contributed by atoms with Crippen LogP contribution in [0.2, 0.25) is 0 Å². The van der Waals surface area contributed by atoms with Crippen LogP contribution in [0.5, 0.6) is 0 Å². The van der Waals surface area contributed by atoms with E-state index in [9.17, 15) is 9.59 Å². The van der Waals surface area contributed by atoms with E-state index in [1.165, 1.54) is 0 Å². The zero-order valence-corrected chi connectivity index (χ0v) is 15.7. The Morgan fingerprint density at radius 3 is 2.46 bits per heavy atom. The minimum absolute atomic E-state index is 0. The molecule has 1 rings (SSSR count). The van der Waals surface area contributed by atoms with E-state index < -0.39 is 6.04 Å². The van der Waals surface area contributed by atoms with Gasteiger partial charge in [0.25, 0.3) is 5.91 Å². The summed E-state index contributed by atoms with van der Waals surface area (Å²) < 4.78 is 0. The number of carbonyl (C=O) groups excluding carboxylic acids is 2. The van der Waals surface area contributed by atoms with E-state index >= 15 is 0 Å². The third-order valence-corrected chi connectivity index (χ3v) is 3.52. The Bertz CT molecular complexity index is 535. The lowest BCUT2D eigenvalue weighted by Crippen LogP contribution is -2.43. The van der Waals surface area contributed by atoms with Crippen LogP contribution in [0.3, 0.4) is 0 Å². The topological polar surface area (TPSA) is 87.5 Å². The normalized spacial score (nSPS) is 11.8. The van der Waals surface area contributed by atoms with Crippen LogP contribution in [-0.4, -0.2) is 49.9 Å². The smallest absolute Gasteiger partial charge is 0.251 e. The molecule has 24 heavy (non-hydrogen) atoms. The molecular weight excluding hydrogens is 328 g/mol. The van der Waals surface area contributed by atoms with Crippen molar-refractivity contribution in [3.8, 4) is 0 Å². The van der Waals surface area contributed by atoms with Gasteiger partial charge in [0.05, 0.1) is 6.04 Å². The summed E-state index contributed by atoms with van der Waals surface area (Å²) in [5, 5.41) is 5.67. The monoisotopic (exact) mass is 356 g/mol. The number of nitrogens with two attached hydrogens (primary N) is 1. The van der Waals surface area contributed by atoms with Crippen LogP contribution < -0.4 is 16.4 Å². The molecule has 6 nitrogen and oxygen atoms in total. The molecule has 2 amide bonds. The Morgan fingerprint density at radius 1 is 1.21 bits per heavy atom. The van der Waals surface area contributed by atoms with Crippen molar-refractivity contribution in [2.45, 2.75) is 26.4 Å². The van der Waals surface area contributed by atoms with Crippen molar-refractivity contribution in [3.63, 3.8) is 0 Å². The first-order valence-corrected chi connectivity index (χ1v) is 7.86. The molecule has 136 valence electrons. The molecule has 0 saturated carbocycles. The van der Waals surface area contributed by atoms with E-state index in [4.69, 9.17) is 5.73 Å². The van der Waals surface area contributed by atoms with Crippen LogP contribution in [0.1, 0.15) is 29.8 Å². The third-order valence-electron chi connectivity index (χ3n) is 3.52. The average molecular weight is 357 g/mol. The quantitative estimate of drug-likeness (QED) is 0.648. The zero-order chi connectivity index (χ0) is 17.4. The molecule has 0 aliphatic carbocycles. The van der Waals surface area contributed by atoms with Crippen molar-refractivity contribution in [1.82, 2.24) is 15.5 Å². The highest BCUT2D eigenvalue weighted by Gasteiger charge is 2.16. The molecule has 0 aliphatic heterocycles. The molecular formula is C17H29ClN4O2. The van der Waals surface area contributed by atoms with E-state index in [0.717, 1.165) is 12.1 Å². The van der Waals surface area contributed by atoms with Gasteiger partial charge in [-0.25, -0.2) is 0 Å². The van der Waals surface area contributed by atoms with Crippen molar-refractivity contribution in [1.29, 1.82) is 0 Å². The minimum atomic E-state index is -0.521. The Kier molecular flexibility index (Phi) is 10.3. The van der Waals surface area contributed by atoms with Gasteiger partial charge in [0, 0.05) is 25.2 Å². The van der Waals surface area contributed by atoms with Crippen molar-refractivity contribution in [3.05, 3.63) is 35.4 Å². The molecule has 0 saturated heterocycles. The fraction of sp³-hybridized carbons (Fsp3) is 0.529. The molecule has 0 aliphatic rings. The second kappa shape index (κ2) is 11.0. The summed E-state index contributed by atoms with van der Waals surface area (Å²) in [7, 11) is 3.91. The maximum atomic E-state index is 12.1. The Labute approximate surface area is 150 Å². The van der Waals surface area contributed by atoms with E-state index in [1.54, 1.807) is 12.1 Å². The van der Waals surface area contributed by atoms with Crippen LogP contribution in [0.15, 0.2) is 24.3 Å². The van der Waals surface area contributed by atoms with Crippen LogP contribution in [0, 0.1) is 5.92 Å². The summed E-state index contributed by atoms with van der Waals surface area (Å²) in [6.07, 6.45) is 0. The summed E-state index contributed by atoms with van der Waals surface area (Å²) in [6, 6.07) is 6.71. The molecule has 0 spiro atoms. The Hall–Kier alpha value is -1.63. The lowest BCUT2D eigenvalue weighted by Gasteiger charge is -2.15. The Balaban J connectivity index is 0.00000529. The van der Waals surface area contributed by atoms with Gasteiger partial charge >= 0.3 is 0 Å². The van der Waals surface area contributed by atoms with Gasteiger partial charge in [0.15, 0.2) is 0 Å². The number of hydrogen-bond acceptors (Lipinski definition) is 4. The lowest BCUT2D eigenvalue weighted by molar-refractivity contribution is -0.123. The molecule has 1 atom stereocenters. The molecule has 7 heteroatoms. The standard InChI is InChI=1S/C17H28N4O2.ClH/c1-12(2)15(18)17(23)20-11-13-6-5-7-14(10-13)16(22)19-8-9-21(3)4;/h5-7,10,12,15H,8-9,11,18H2,1-4H3,(H,19,22)(H,20,23);1H/t15-;/m0./s1. The summed E-state index contributed by atoms with van der Waals surface area (Å²) >= 11 is 0. The van der Waals surface area contributed by atoms with E-state index in [0.29, 0.717) is 18.7 Å². The third kappa shape index (κ3) is 7.77. The highest BCUT2D eigenvalue weighted by atomic mass is 35.5.